The van der Waals surface area contributed by atoms with E-state index >= 15 is 0 Å². The van der Waals surface area contributed by atoms with E-state index in [1.807, 2.05) is 35.7 Å². The molecular weight excluding hydrogens is 334 g/mol. The summed E-state index contributed by atoms with van der Waals surface area (Å²) < 4.78 is 5.43. The molecule has 4 rings (SSSR count). The number of carbonyl (C=O) groups is 1. The molecule has 3 aromatic rings. The Bertz CT molecular complexity index is 881. The quantitative estimate of drug-likeness (QED) is 0.669. The van der Waals surface area contributed by atoms with Crippen molar-refractivity contribution in [3.05, 3.63) is 48.6 Å². The number of amides is 1. The molecule has 3 aromatic heterocycles. The van der Waals surface area contributed by atoms with Gasteiger partial charge in [0.05, 0.1) is 30.3 Å². The molecular formula is C16H21N9O. The zero-order valence-electron chi connectivity index (χ0n) is 14.7. The Hall–Kier alpha value is -3.01. The summed E-state index contributed by atoms with van der Waals surface area (Å²) in [5.74, 6) is -0.178. The zero-order valence-corrected chi connectivity index (χ0v) is 14.7. The summed E-state index contributed by atoms with van der Waals surface area (Å²) in [5, 5.41) is 15.4. The van der Waals surface area contributed by atoms with Crippen LogP contribution in [0.15, 0.2) is 37.2 Å². The van der Waals surface area contributed by atoms with Gasteiger partial charge in [0.15, 0.2) is 0 Å². The Morgan fingerprint density at radius 2 is 2.19 bits per heavy atom. The second kappa shape index (κ2) is 6.71. The average molecular weight is 355 g/mol. The fourth-order valence-corrected chi connectivity index (χ4v) is 3.36. The van der Waals surface area contributed by atoms with Crippen molar-refractivity contribution in [2.45, 2.75) is 18.6 Å². The van der Waals surface area contributed by atoms with Gasteiger partial charge in [-0.2, -0.15) is 5.10 Å². The summed E-state index contributed by atoms with van der Waals surface area (Å²) in [7, 11) is 3.77. The molecule has 10 nitrogen and oxygen atoms in total. The lowest BCUT2D eigenvalue weighted by Crippen LogP contribution is -2.41. The van der Waals surface area contributed by atoms with Gasteiger partial charge in [-0.1, -0.05) is 5.21 Å². The van der Waals surface area contributed by atoms with Gasteiger partial charge >= 0.3 is 0 Å². The minimum Gasteiger partial charge on any atom is -0.344 e. The van der Waals surface area contributed by atoms with E-state index in [1.54, 1.807) is 29.5 Å². The number of hydrogen-bond acceptors (Lipinski definition) is 6. The minimum atomic E-state index is -0.178. The van der Waals surface area contributed by atoms with Crippen molar-refractivity contribution in [1.29, 1.82) is 0 Å². The number of imidazole rings is 1. The van der Waals surface area contributed by atoms with Gasteiger partial charge in [0.1, 0.15) is 5.69 Å². The number of hydrogen-bond donors (Lipinski definition) is 1. The molecule has 0 aliphatic carbocycles. The Labute approximate surface area is 150 Å². The first-order valence-corrected chi connectivity index (χ1v) is 8.44. The highest BCUT2D eigenvalue weighted by Crippen LogP contribution is 2.23. The molecule has 0 spiro atoms. The molecule has 1 fully saturated rings. The van der Waals surface area contributed by atoms with Gasteiger partial charge in [-0.25, -0.2) is 9.67 Å². The lowest BCUT2D eigenvalue weighted by Gasteiger charge is -2.19. The van der Waals surface area contributed by atoms with Gasteiger partial charge in [0, 0.05) is 52.3 Å². The van der Waals surface area contributed by atoms with Crippen molar-refractivity contribution in [3.8, 4) is 0 Å². The van der Waals surface area contributed by atoms with Crippen molar-refractivity contribution in [2.24, 2.45) is 14.1 Å². The van der Waals surface area contributed by atoms with Crippen molar-refractivity contribution in [1.82, 2.24) is 44.5 Å². The molecule has 2 atom stereocenters. The number of aromatic nitrogens is 7. The van der Waals surface area contributed by atoms with Gasteiger partial charge in [-0.15, -0.1) is 5.10 Å². The molecule has 4 heterocycles. The highest BCUT2D eigenvalue weighted by atomic mass is 16.2. The number of rotatable bonds is 5. The highest BCUT2D eigenvalue weighted by Gasteiger charge is 2.36. The zero-order chi connectivity index (χ0) is 18.1. The van der Waals surface area contributed by atoms with Crippen LogP contribution in [0.1, 0.15) is 22.2 Å². The van der Waals surface area contributed by atoms with Crippen LogP contribution in [0.2, 0.25) is 0 Å². The predicted molar refractivity (Wildman–Crippen MR) is 92.0 cm³/mol. The van der Waals surface area contributed by atoms with Crippen LogP contribution in [0.4, 0.5) is 0 Å². The third-order valence-corrected chi connectivity index (χ3v) is 4.71. The van der Waals surface area contributed by atoms with Crippen molar-refractivity contribution in [2.75, 3.05) is 13.1 Å². The molecule has 1 saturated heterocycles. The number of aryl methyl sites for hydroxylation is 2. The Balaban J connectivity index is 1.50. The third kappa shape index (κ3) is 3.23. The van der Waals surface area contributed by atoms with Gasteiger partial charge in [0.25, 0.3) is 5.91 Å². The predicted octanol–water partition coefficient (Wildman–Crippen LogP) is -0.399. The van der Waals surface area contributed by atoms with Gasteiger partial charge < -0.3 is 9.88 Å². The molecule has 26 heavy (non-hydrogen) atoms. The molecule has 136 valence electrons. The summed E-state index contributed by atoms with van der Waals surface area (Å²) >= 11 is 0. The maximum Gasteiger partial charge on any atom is 0.271 e. The molecule has 0 saturated carbocycles. The van der Waals surface area contributed by atoms with E-state index in [1.165, 1.54) is 0 Å². The average Bonchev–Trinajstić information content (AvgIpc) is 3.37. The van der Waals surface area contributed by atoms with Crippen molar-refractivity contribution in [3.63, 3.8) is 0 Å². The van der Waals surface area contributed by atoms with Crippen LogP contribution in [-0.4, -0.2) is 64.3 Å². The van der Waals surface area contributed by atoms with Crippen LogP contribution >= 0.6 is 0 Å². The fourth-order valence-electron chi connectivity index (χ4n) is 3.36. The molecule has 10 heteroatoms. The normalized spacial score (nSPS) is 20.5. The molecule has 0 radical (unpaired) electrons. The molecule has 0 bridgehead atoms. The van der Waals surface area contributed by atoms with Crippen molar-refractivity contribution >= 4 is 5.91 Å². The minimum absolute atomic E-state index is 0.0124. The Morgan fingerprint density at radius 1 is 1.31 bits per heavy atom. The SMILES string of the molecule is Cn1cnc(C(=O)N[C@@H]2CN(Cc3ccnn3C)C[C@@H]2n2ccnn2)c1. The van der Waals surface area contributed by atoms with Crippen LogP contribution in [0.5, 0.6) is 0 Å². The summed E-state index contributed by atoms with van der Waals surface area (Å²) in [6.07, 6.45) is 8.61. The van der Waals surface area contributed by atoms with Crippen LogP contribution < -0.4 is 5.32 Å². The van der Waals surface area contributed by atoms with E-state index in [-0.39, 0.29) is 18.0 Å². The topological polar surface area (TPSA) is 98.7 Å². The van der Waals surface area contributed by atoms with E-state index in [9.17, 15) is 4.79 Å². The first-order chi connectivity index (χ1) is 12.6. The first-order valence-electron chi connectivity index (χ1n) is 8.44. The molecule has 1 aliphatic rings. The summed E-state index contributed by atoms with van der Waals surface area (Å²) in [5.41, 5.74) is 1.54. The van der Waals surface area contributed by atoms with Gasteiger partial charge in [-0.3, -0.25) is 14.4 Å². The van der Waals surface area contributed by atoms with Crippen LogP contribution in [-0.2, 0) is 20.6 Å². The molecule has 0 aromatic carbocycles. The summed E-state index contributed by atoms with van der Waals surface area (Å²) in [4.78, 5) is 19.0. The lowest BCUT2D eigenvalue weighted by atomic mass is 10.1. The maximum absolute atomic E-state index is 12.5. The monoisotopic (exact) mass is 355 g/mol. The standard InChI is InChI=1S/C16H21N9O/c1-22-8-14(17-11-22)16(26)20-13-9-24(7-12-3-4-19-23(12)2)10-15(13)25-6-5-18-21-25/h3-6,8,11,13,15H,7,9-10H2,1-2H3,(H,20,26)/t13-,15+/m1/s1. The summed E-state index contributed by atoms with van der Waals surface area (Å²) in [6.45, 7) is 2.24. The second-order valence-corrected chi connectivity index (χ2v) is 6.59. The second-order valence-electron chi connectivity index (χ2n) is 6.59. The van der Waals surface area contributed by atoms with E-state index in [4.69, 9.17) is 0 Å². The van der Waals surface area contributed by atoms with Crippen LogP contribution in [0.3, 0.4) is 0 Å². The van der Waals surface area contributed by atoms with Gasteiger partial charge in [0.2, 0.25) is 0 Å². The van der Waals surface area contributed by atoms with E-state index in [2.05, 4.69) is 30.6 Å². The molecule has 0 unspecified atom stereocenters. The van der Waals surface area contributed by atoms with E-state index < -0.39 is 0 Å². The number of likely N-dealkylation sites (tertiary alicyclic amines) is 1. The molecule has 1 N–H and O–H groups in total. The molecule has 1 aliphatic heterocycles. The maximum atomic E-state index is 12.5. The van der Waals surface area contributed by atoms with Crippen LogP contribution in [0, 0.1) is 0 Å². The van der Waals surface area contributed by atoms with Gasteiger partial charge in [-0.05, 0) is 6.07 Å². The lowest BCUT2D eigenvalue weighted by molar-refractivity contribution is 0.0925. The number of nitrogens with zero attached hydrogens (tertiary/aromatic N) is 8. The van der Waals surface area contributed by atoms with Crippen molar-refractivity contribution < 1.29 is 4.79 Å². The van der Waals surface area contributed by atoms with E-state index in [0.717, 1.165) is 18.8 Å². The number of nitrogens with one attached hydrogen (secondary N) is 1. The van der Waals surface area contributed by atoms with Crippen LogP contribution in [0.25, 0.3) is 0 Å². The highest BCUT2D eigenvalue weighted by molar-refractivity contribution is 5.92. The van der Waals surface area contributed by atoms with E-state index in [0.29, 0.717) is 12.2 Å². The third-order valence-electron chi connectivity index (χ3n) is 4.71. The smallest absolute Gasteiger partial charge is 0.271 e. The Kier molecular flexibility index (Phi) is 4.25. The summed E-state index contributed by atoms with van der Waals surface area (Å²) in [6, 6.07) is 1.93. The Morgan fingerprint density at radius 3 is 2.85 bits per heavy atom. The fraction of sp³-hybridized carbons (Fsp3) is 0.438. The largest absolute Gasteiger partial charge is 0.344 e. The first kappa shape index (κ1) is 16.5. The number of carbonyl (C=O) groups excluding carboxylic acids is 1. The molecule has 1 amide bonds.